The van der Waals surface area contributed by atoms with Crippen molar-refractivity contribution >= 4 is 52.0 Å². The summed E-state index contributed by atoms with van der Waals surface area (Å²) in [5.41, 5.74) is 0.788. The lowest BCUT2D eigenvalue weighted by Crippen LogP contribution is -2.10. The number of para-hydroxylation sites is 2. The van der Waals surface area contributed by atoms with Crippen LogP contribution in [-0.4, -0.2) is 10.3 Å². The molecule has 0 saturated heterocycles. The molecule has 0 saturated carbocycles. The van der Waals surface area contributed by atoms with Gasteiger partial charge in [-0.15, -0.1) is 0 Å². The van der Waals surface area contributed by atoms with Gasteiger partial charge in [-0.1, -0.05) is 48.8 Å². The maximum Gasteiger partial charge on any atom is 0.267 e. The summed E-state index contributed by atoms with van der Waals surface area (Å²) >= 11 is 12.4. The third kappa shape index (κ3) is 3.24. The second-order valence-corrected chi connectivity index (χ2v) is 4.71. The Balaban J connectivity index is 0.00000180. The van der Waals surface area contributed by atoms with Gasteiger partial charge in [0.2, 0.25) is 5.69 Å². The van der Waals surface area contributed by atoms with E-state index in [1.54, 1.807) is 24.3 Å². The molecule has 98 valence electrons. The van der Waals surface area contributed by atoms with E-state index in [2.05, 4.69) is 14.5 Å². The second-order valence-electron chi connectivity index (χ2n) is 3.20. The quantitative estimate of drug-likeness (QED) is 0.802. The smallest absolute Gasteiger partial charge is 0.267 e. The van der Waals surface area contributed by atoms with E-state index in [1.807, 2.05) is 0 Å². The van der Waals surface area contributed by atoms with Gasteiger partial charge in [0.05, 0.1) is 6.57 Å². The van der Waals surface area contributed by atoms with Gasteiger partial charge in [0, 0.05) is 5.69 Å². The number of aromatic nitrogens is 1. The zero-order valence-corrected chi connectivity index (χ0v) is 11.1. The molecule has 19 heavy (non-hydrogen) atoms. The van der Waals surface area contributed by atoms with Gasteiger partial charge in [0.15, 0.2) is 5.15 Å². The van der Waals surface area contributed by atoms with E-state index in [0.717, 1.165) is 11.5 Å². The highest BCUT2D eigenvalue weighted by molar-refractivity contribution is 7.09. The van der Waals surface area contributed by atoms with Gasteiger partial charge in [-0.05, 0) is 17.6 Å². The van der Waals surface area contributed by atoms with Crippen LogP contribution in [0, 0.1) is 6.57 Å². The van der Waals surface area contributed by atoms with Crippen molar-refractivity contribution in [2.24, 2.45) is 0 Å². The zero-order valence-electron chi connectivity index (χ0n) is 8.78. The van der Waals surface area contributed by atoms with Gasteiger partial charge in [-0.2, -0.15) is 4.37 Å². The first-order chi connectivity index (χ1) is 8.63. The topological polar surface area (TPSA) is 46.4 Å². The standard InChI is InChI=1S/C11H5Cl2N3OS.CH4/c1-14-6-4-2-3-5-7(6)15-11(17)9-8(12)10(13)16-18-9;/h2-5H,(H,15,17);1H4. The SMILES string of the molecule is C.[C-]#[N+]c1ccccc1NC(=O)c1snc(Cl)c1Cl. The van der Waals surface area contributed by atoms with Gasteiger partial charge in [0.25, 0.3) is 5.91 Å². The van der Waals surface area contributed by atoms with Crippen molar-refractivity contribution in [1.29, 1.82) is 0 Å². The average molecular weight is 314 g/mol. The third-order valence-corrected chi connectivity index (χ3v) is 3.87. The van der Waals surface area contributed by atoms with E-state index in [-0.39, 0.29) is 22.5 Å². The van der Waals surface area contributed by atoms with Crippen LogP contribution in [0.2, 0.25) is 10.2 Å². The van der Waals surface area contributed by atoms with Crippen LogP contribution >= 0.6 is 34.7 Å². The Morgan fingerprint density at radius 2 is 2.05 bits per heavy atom. The maximum absolute atomic E-state index is 11.9. The molecule has 0 aliphatic rings. The van der Waals surface area contributed by atoms with Crippen LogP contribution in [-0.2, 0) is 0 Å². The second kappa shape index (κ2) is 6.53. The van der Waals surface area contributed by atoms with Gasteiger partial charge >= 0.3 is 0 Å². The summed E-state index contributed by atoms with van der Waals surface area (Å²) in [4.78, 5) is 15.5. The van der Waals surface area contributed by atoms with Crippen molar-refractivity contribution < 1.29 is 4.79 Å². The minimum Gasteiger partial charge on any atom is -0.330 e. The Bertz CT molecular complexity index is 649. The van der Waals surface area contributed by atoms with Crippen molar-refractivity contribution in [1.82, 2.24) is 4.37 Å². The number of benzene rings is 1. The van der Waals surface area contributed by atoms with E-state index >= 15 is 0 Å². The predicted molar refractivity (Wildman–Crippen MR) is 79.5 cm³/mol. The summed E-state index contributed by atoms with van der Waals surface area (Å²) in [6.07, 6.45) is 0. The third-order valence-electron chi connectivity index (χ3n) is 2.08. The molecule has 1 amide bonds. The molecule has 2 rings (SSSR count). The number of hydrogen-bond acceptors (Lipinski definition) is 3. The normalized spacial score (nSPS) is 9.32. The molecule has 0 atom stereocenters. The number of rotatable bonds is 2. The van der Waals surface area contributed by atoms with Crippen molar-refractivity contribution in [3.05, 3.63) is 50.7 Å². The van der Waals surface area contributed by atoms with Crippen LogP contribution in [0.5, 0.6) is 0 Å². The Kier molecular flexibility index (Phi) is 5.31. The van der Waals surface area contributed by atoms with Crippen molar-refractivity contribution in [3.8, 4) is 0 Å². The molecule has 1 aromatic carbocycles. The summed E-state index contributed by atoms with van der Waals surface area (Å²) in [6, 6.07) is 6.71. The van der Waals surface area contributed by atoms with Crippen LogP contribution in [0.1, 0.15) is 17.1 Å². The van der Waals surface area contributed by atoms with E-state index < -0.39 is 5.91 Å². The molecule has 0 aliphatic heterocycles. The lowest BCUT2D eigenvalue weighted by Gasteiger charge is -2.05. The van der Waals surface area contributed by atoms with Crippen LogP contribution in [0.15, 0.2) is 24.3 Å². The number of carbonyl (C=O) groups is 1. The van der Waals surface area contributed by atoms with E-state index in [4.69, 9.17) is 29.8 Å². The van der Waals surface area contributed by atoms with Crippen LogP contribution in [0.3, 0.4) is 0 Å². The van der Waals surface area contributed by atoms with Gasteiger partial charge < -0.3 is 5.32 Å². The molecule has 2 aromatic rings. The Labute approximate surface area is 125 Å². The highest BCUT2D eigenvalue weighted by atomic mass is 35.5. The van der Waals surface area contributed by atoms with Crippen LogP contribution in [0.25, 0.3) is 4.85 Å². The molecule has 0 radical (unpaired) electrons. The summed E-state index contributed by atoms with van der Waals surface area (Å²) in [7, 11) is 0. The fourth-order valence-electron chi connectivity index (χ4n) is 1.26. The predicted octanol–water partition coefficient (Wildman–Crippen LogP) is 4.89. The fraction of sp³-hybridized carbons (Fsp3) is 0.0833. The van der Waals surface area contributed by atoms with Crippen molar-refractivity contribution in [2.45, 2.75) is 7.43 Å². The molecule has 1 heterocycles. The molecule has 0 fully saturated rings. The molecule has 1 N–H and O–H groups in total. The lowest BCUT2D eigenvalue weighted by atomic mass is 10.2. The highest BCUT2D eigenvalue weighted by Crippen LogP contribution is 2.30. The fourth-order valence-corrected chi connectivity index (χ4v) is 2.37. The van der Waals surface area contributed by atoms with Gasteiger partial charge in [-0.3, -0.25) is 4.79 Å². The zero-order chi connectivity index (χ0) is 13.1. The molecule has 0 spiro atoms. The number of halogens is 2. The first kappa shape index (κ1) is 15.4. The molecule has 0 bridgehead atoms. The summed E-state index contributed by atoms with van der Waals surface area (Å²) < 4.78 is 3.78. The first-order valence-electron chi connectivity index (χ1n) is 4.72. The summed E-state index contributed by atoms with van der Waals surface area (Å²) in [5, 5.41) is 2.83. The largest absolute Gasteiger partial charge is 0.330 e. The molecule has 7 heteroatoms. The number of nitrogens with one attached hydrogen (secondary N) is 1. The maximum atomic E-state index is 11.9. The first-order valence-corrected chi connectivity index (χ1v) is 6.25. The van der Waals surface area contributed by atoms with Gasteiger partial charge in [-0.25, -0.2) is 4.85 Å². The highest BCUT2D eigenvalue weighted by Gasteiger charge is 2.18. The van der Waals surface area contributed by atoms with E-state index in [0.29, 0.717) is 11.4 Å². The molecule has 1 aromatic heterocycles. The number of nitrogens with zero attached hydrogens (tertiary/aromatic N) is 2. The Morgan fingerprint density at radius 3 is 2.63 bits per heavy atom. The summed E-state index contributed by atoms with van der Waals surface area (Å²) in [6.45, 7) is 7.00. The van der Waals surface area contributed by atoms with E-state index in [9.17, 15) is 4.79 Å². The molecule has 0 aliphatic carbocycles. The van der Waals surface area contributed by atoms with E-state index in [1.165, 1.54) is 0 Å². The number of amides is 1. The number of hydrogen-bond donors (Lipinski definition) is 1. The monoisotopic (exact) mass is 313 g/mol. The van der Waals surface area contributed by atoms with Crippen LogP contribution in [0.4, 0.5) is 11.4 Å². The molecule has 4 nitrogen and oxygen atoms in total. The molecular formula is C12H9Cl2N3OS. The Morgan fingerprint density at radius 1 is 1.37 bits per heavy atom. The number of anilines is 1. The van der Waals surface area contributed by atoms with Crippen molar-refractivity contribution in [3.63, 3.8) is 0 Å². The summed E-state index contributed by atoms with van der Waals surface area (Å²) in [5.74, 6) is -0.430. The lowest BCUT2D eigenvalue weighted by molar-refractivity contribution is 0.103. The molecular weight excluding hydrogens is 305 g/mol. The molecule has 0 unspecified atom stereocenters. The minimum absolute atomic E-state index is 0. The van der Waals surface area contributed by atoms with Gasteiger partial charge in [0.1, 0.15) is 9.90 Å². The van der Waals surface area contributed by atoms with Crippen molar-refractivity contribution in [2.75, 3.05) is 5.32 Å². The Hall–Kier alpha value is -1.61. The average Bonchev–Trinajstić information content (AvgIpc) is 2.71. The van der Waals surface area contributed by atoms with Crippen LogP contribution < -0.4 is 5.32 Å². The number of carbonyl (C=O) groups excluding carboxylic acids is 1. The minimum atomic E-state index is -0.430.